The zero-order valence-electron chi connectivity index (χ0n) is 9.74. The van der Waals surface area contributed by atoms with E-state index in [4.69, 9.17) is 4.74 Å². The molecule has 0 fully saturated rings. The lowest BCUT2D eigenvalue weighted by Crippen LogP contribution is -2.36. The molecule has 0 unspecified atom stereocenters. The van der Waals surface area contributed by atoms with Gasteiger partial charge in [-0.2, -0.15) is 0 Å². The highest BCUT2D eigenvalue weighted by atomic mass is 16.5. The second-order valence-corrected chi connectivity index (χ2v) is 3.84. The summed E-state index contributed by atoms with van der Waals surface area (Å²) in [6, 6.07) is 4.78. The molecule has 0 radical (unpaired) electrons. The summed E-state index contributed by atoms with van der Waals surface area (Å²) in [7, 11) is 0. The molecule has 0 saturated carbocycles. The predicted octanol–water partition coefficient (Wildman–Crippen LogP) is 1.62. The third-order valence-corrected chi connectivity index (χ3v) is 2.55. The van der Waals surface area contributed by atoms with Gasteiger partial charge >= 0.3 is 5.97 Å². The van der Waals surface area contributed by atoms with Crippen molar-refractivity contribution in [2.75, 3.05) is 17.2 Å². The van der Waals surface area contributed by atoms with Gasteiger partial charge in [-0.1, -0.05) is 0 Å². The number of nitrogens with one attached hydrogen (secondary N) is 2. The summed E-state index contributed by atoms with van der Waals surface area (Å²) in [4.78, 5) is 23.0. The monoisotopic (exact) mass is 234 g/mol. The molecular weight excluding hydrogens is 220 g/mol. The molecule has 5 nitrogen and oxygen atoms in total. The van der Waals surface area contributed by atoms with Crippen molar-refractivity contribution in [2.24, 2.45) is 0 Å². The molecule has 0 aliphatic carbocycles. The Kier molecular flexibility index (Phi) is 2.99. The minimum Gasteiger partial charge on any atom is -0.462 e. The Labute approximate surface area is 99.2 Å². The first-order chi connectivity index (χ1) is 8.11. The summed E-state index contributed by atoms with van der Waals surface area (Å²) in [5.74, 6) is -0.498. The number of carbonyl (C=O) groups is 2. The molecule has 0 spiro atoms. The number of fused-ring (bicyclic) bond motifs is 1. The Morgan fingerprint density at radius 1 is 1.41 bits per heavy atom. The van der Waals surface area contributed by atoms with Crippen LogP contribution in [0.3, 0.4) is 0 Å². The number of esters is 1. The van der Waals surface area contributed by atoms with Gasteiger partial charge in [0.1, 0.15) is 6.04 Å². The van der Waals surface area contributed by atoms with Gasteiger partial charge in [-0.05, 0) is 32.0 Å². The fourth-order valence-electron chi connectivity index (χ4n) is 1.65. The molecule has 1 aliphatic heterocycles. The van der Waals surface area contributed by atoms with Crippen LogP contribution < -0.4 is 10.6 Å². The lowest BCUT2D eigenvalue weighted by atomic mass is 10.1. The number of carbonyl (C=O) groups excluding carboxylic acids is 2. The summed E-state index contributed by atoms with van der Waals surface area (Å²) < 4.78 is 4.89. The first-order valence-electron chi connectivity index (χ1n) is 5.50. The van der Waals surface area contributed by atoms with E-state index in [9.17, 15) is 9.59 Å². The summed E-state index contributed by atoms with van der Waals surface area (Å²) in [6.07, 6.45) is 0. The SMILES string of the molecule is CCOC(=O)c1ccc2c(c1)NC(=O)[C@@H](C)N2. The minimum absolute atomic E-state index is 0.112. The molecule has 5 heteroatoms. The lowest BCUT2D eigenvalue weighted by molar-refractivity contribution is -0.116. The zero-order chi connectivity index (χ0) is 12.4. The molecular formula is C12H14N2O3. The number of hydrogen-bond donors (Lipinski definition) is 2. The third kappa shape index (κ3) is 2.22. The summed E-state index contributed by atoms with van der Waals surface area (Å²) in [5.41, 5.74) is 1.85. The van der Waals surface area contributed by atoms with Gasteiger partial charge < -0.3 is 15.4 Å². The average molecular weight is 234 g/mol. The molecule has 17 heavy (non-hydrogen) atoms. The Balaban J connectivity index is 2.28. The first-order valence-corrected chi connectivity index (χ1v) is 5.50. The van der Waals surface area contributed by atoms with E-state index in [1.165, 1.54) is 0 Å². The van der Waals surface area contributed by atoms with E-state index in [1.807, 2.05) is 0 Å². The quantitative estimate of drug-likeness (QED) is 0.763. The normalized spacial score (nSPS) is 17.8. The van der Waals surface area contributed by atoms with Gasteiger partial charge in [-0.3, -0.25) is 4.79 Å². The van der Waals surface area contributed by atoms with Gasteiger partial charge in [-0.25, -0.2) is 4.79 Å². The molecule has 1 aromatic rings. The van der Waals surface area contributed by atoms with Crippen molar-refractivity contribution in [3.05, 3.63) is 23.8 Å². The van der Waals surface area contributed by atoms with Crippen LogP contribution in [-0.2, 0) is 9.53 Å². The smallest absolute Gasteiger partial charge is 0.338 e. The maximum Gasteiger partial charge on any atom is 0.338 e. The van der Waals surface area contributed by atoms with Gasteiger partial charge in [0.25, 0.3) is 0 Å². The number of rotatable bonds is 2. The second kappa shape index (κ2) is 4.45. The maximum absolute atomic E-state index is 11.5. The van der Waals surface area contributed by atoms with Crippen molar-refractivity contribution in [2.45, 2.75) is 19.9 Å². The predicted molar refractivity (Wildman–Crippen MR) is 64.1 cm³/mol. The maximum atomic E-state index is 11.5. The van der Waals surface area contributed by atoms with Crippen LogP contribution in [-0.4, -0.2) is 24.5 Å². The number of ether oxygens (including phenoxy) is 1. The van der Waals surface area contributed by atoms with Crippen LogP contribution >= 0.6 is 0 Å². The molecule has 0 bridgehead atoms. The van der Waals surface area contributed by atoms with Crippen LogP contribution in [0.2, 0.25) is 0 Å². The van der Waals surface area contributed by atoms with Crippen molar-refractivity contribution in [3.63, 3.8) is 0 Å². The molecule has 1 aliphatic rings. The number of hydrogen-bond acceptors (Lipinski definition) is 4. The molecule has 1 heterocycles. The molecule has 2 rings (SSSR count). The summed E-state index contributed by atoms with van der Waals surface area (Å²) in [5, 5.41) is 5.78. The average Bonchev–Trinajstić information content (AvgIpc) is 2.30. The third-order valence-electron chi connectivity index (χ3n) is 2.55. The lowest BCUT2D eigenvalue weighted by Gasteiger charge is -2.24. The first kappa shape index (κ1) is 11.4. The van der Waals surface area contributed by atoms with Crippen LogP contribution in [0.5, 0.6) is 0 Å². The highest BCUT2D eigenvalue weighted by molar-refractivity contribution is 6.04. The van der Waals surface area contributed by atoms with E-state index < -0.39 is 0 Å². The van der Waals surface area contributed by atoms with E-state index in [1.54, 1.807) is 32.0 Å². The molecule has 0 saturated heterocycles. The van der Waals surface area contributed by atoms with Crippen LogP contribution in [0.1, 0.15) is 24.2 Å². The summed E-state index contributed by atoms with van der Waals surface area (Å²) >= 11 is 0. The zero-order valence-corrected chi connectivity index (χ0v) is 9.74. The molecule has 1 amide bonds. The van der Waals surface area contributed by atoms with Gasteiger partial charge in [0, 0.05) is 0 Å². The Morgan fingerprint density at radius 3 is 2.88 bits per heavy atom. The van der Waals surface area contributed by atoms with Crippen LogP contribution in [0.25, 0.3) is 0 Å². The molecule has 1 atom stereocenters. The molecule has 1 aromatic carbocycles. The van der Waals surface area contributed by atoms with E-state index in [-0.39, 0.29) is 17.9 Å². The highest BCUT2D eigenvalue weighted by Crippen LogP contribution is 2.27. The van der Waals surface area contributed by atoms with Crippen molar-refractivity contribution in [1.29, 1.82) is 0 Å². The van der Waals surface area contributed by atoms with Crippen LogP contribution in [0.15, 0.2) is 18.2 Å². The molecule has 90 valence electrons. The van der Waals surface area contributed by atoms with Crippen molar-refractivity contribution < 1.29 is 14.3 Å². The van der Waals surface area contributed by atoms with E-state index in [0.717, 1.165) is 5.69 Å². The Hall–Kier alpha value is -2.04. The van der Waals surface area contributed by atoms with Gasteiger partial charge in [0.2, 0.25) is 5.91 Å². The van der Waals surface area contributed by atoms with Gasteiger partial charge in [0.05, 0.1) is 23.5 Å². The number of amides is 1. The Morgan fingerprint density at radius 2 is 2.18 bits per heavy atom. The highest BCUT2D eigenvalue weighted by Gasteiger charge is 2.22. The van der Waals surface area contributed by atoms with Crippen molar-refractivity contribution in [1.82, 2.24) is 0 Å². The van der Waals surface area contributed by atoms with E-state index in [0.29, 0.717) is 17.9 Å². The fourth-order valence-corrected chi connectivity index (χ4v) is 1.65. The van der Waals surface area contributed by atoms with Gasteiger partial charge in [-0.15, -0.1) is 0 Å². The minimum atomic E-state index is -0.386. The number of benzene rings is 1. The largest absolute Gasteiger partial charge is 0.462 e. The summed E-state index contributed by atoms with van der Waals surface area (Å²) in [6.45, 7) is 3.86. The van der Waals surface area contributed by atoms with E-state index in [2.05, 4.69) is 10.6 Å². The van der Waals surface area contributed by atoms with Crippen LogP contribution in [0, 0.1) is 0 Å². The molecule has 2 N–H and O–H groups in total. The van der Waals surface area contributed by atoms with Crippen molar-refractivity contribution >= 4 is 23.3 Å². The van der Waals surface area contributed by atoms with Crippen LogP contribution in [0.4, 0.5) is 11.4 Å². The topological polar surface area (TPSA) is 67.4 Å². The van der Waals surface area contributed by atoms with Gasteiger partial charge in [0.15, 0.2) is 0 Å². The standard InChI is InChI=1S/C12H14N2O3/c1-3-17-12(16)8-4-5-9-10(6-8)14-11(15)7(2)13-9/h4-7,13H,3H2,1-2H3,(H,14,15)/t7-/m1/s1. The second-order valence-electron chi connectivity index (χ2n) is 3.84. The van der Waals surface area contributed by atoms with Crippen molar-refractivity contribution in [3.8, 4) is 0 Å². The van der Waals surface area contributed by atoms with E-state index >= 15 is 0 Å². The Bertz CT molecular complexity index is 471. The fraction of sp³-hybridized carbons (Fsp3) is 0.333. The number of anilines is 2. The molecule has 0 aromatic heterocycles.